The van der Waals surface area contributed by atoms with Gasteiger partial charge < -0.3 is 0 Å². The summed E-state index contributed by atoms with van der Waals surface area (Å²) in [7, 11) is 0. The maximum atomic E-state index is 8.94. The lowest BCUT2D eigenvalue weighted by molar-refractivity contribution is 0.223. The van der Waals surface area contributed by atoms with Gasteiger partial charge in [-0.15, -0.1) is 0 Å². The van der Waals surface area contributed by atoms with Gasteiger partial charge in [-0.3, -0.25) is 14.9 Å². The lowest BCUT2D eigenvalue weighted by atomic mass is 9.88. The van der Waals surface area contributed by atoms with Crippen LogP contribution in [0.15, 0.2) is 59.9 Å². The summed E-state index contributed by atoms with van der Waals surface area (Å²) < 4.78 is 0. The van der Waals surface area contributed by atoms with Crippen molar-refractivity contribution in [1.29, 1.82) is 5.26 Å². The number of hydrogen-bond donors (Lipinski definition) is 0. The molecule has 2 aliphatic heterocycles. The predicted molar refractivity (Wildman–Crippen MR) is 120 cm³/mol. The van der Waals surface area contributed by atoms with Crippen molar-refractivity contribution >= 4 is 11.3 Å². The molecule has 0 spiro atoms. The molecule has 1 aromatic heterocycles. The van der Waals surface area contributed by atoms with E-state index in [1.807, 2.05) is 12.1 Å². The molecule has 1 atom stereocenters. The molecule has 30 heavy (non-hydrogen) atoms. The number of aryl methyl sites for hydroxylation is 1. The molecule has 1 aliphatic carbocycles. The van der Waals surface area contributed by atoms with Crippen LogP contribution in [-0.4, -0.2) is 35.2 Å². The van der Waals surface area contributed by atoms with Crippen molar-refractivity contribution in [2.75, 3.05) is 19.6 Å². The van der Waals surface area contributed by atoms with E-state index in [-0.39, 0.29) is 0 Å². The van der Waals surface area contributed by atoms with Gasteiger partial charge in [-0.05, 0) is 72.5 Å². The second kappa shape index (κ2) is 8.01. The quantitative estimate of drug-likeness (QED) is 0.743. The zero-order valence-electron chi connectivity index (χ0n) is 17.3. The number of allylic oxidation sites excluding steroid dienone is 2. The number of nitriles is 1. The number of rotatable bonds is 4. The van der Waals surface area contributed by atoms with Crippen molar-refractivity contribution in [1.82, 2.24) is 9.88 Å². The van der Waals surface area contributed by atoms with Gasteiger partial charge in [0.2, 0.25) is 0 Å². The van der Waals surface area contributed by atoms with Crippen LogP contribution in [0.4, 0.5) is 0 Å². The average Bonchev–Trinajstić information content (AvgIpc) is 3.40. The van der Waals surface area contributed by atoms with Crippen LogP contribution >= 0.6 is 0 Å². The lowest BCUT2D eigenvalue weighted by Crippen LogP contribution is -2.35. The van der Waals surface area contributed by atoms with Gasteiger partial charge in [-0.25, -0.2) is 0 Å². The van der Waals surface area contributed by atoms with Crippen LogP contribution in [0.3, 0.4) is 0 Å². The van der Waals surface area contributed by atoms with E-state index in [9.17, 15) is 0 Å². The Kier molecular flexibility index (Phi) is 5.06. The highest BCUT2D eigenvalue weighted by atomic mass is 15.1. The van der Waals surface area contributed by atoms with Crippen molar-refractivity contribution < 1.29 is 0 Å². The molecule has 150 valence electrons. The van der Waals surface area contributed by atoms with Crippen molar-refractivity contribution in [2.24, 2.45) is 4.99 Å². The van der Waals surface area contributed by atoms with E-state index in [2.05, 4.69) is 46.8 Å². The molecule has 1 saturated heterocycles. The molecular weight excluding hydrogens is 368 g/mol. The third-order valence-corrected chi connectivity index (χ3v) is 6.57. The normalized spacial score (nSPS) is 21.2. The number of hydrogen-bond acceptors (Lipinski definition) is 4. The Morgan fingerprint density at radius 3 is 2.97 bits per heavy atom. The molecule has 4 nitrogen and oxygen atoms in total. The van der Waals surface area contributed by atoms with E-state index in [4.69, 9.17) is 10.3 Å². The minimum Gasteiger partial charge on any atom is -0.297 e. The molecule has 3 aliphatic rings. The van der Waals surface area contributed by atoms with Crippen LogP contribution in [0.1, 0.15) is 59.5 Å². The molecular formula is C26H26N4. The van der Waals surface area contributed by atoms with Gasteiger partial charge in [0.15, 0.2) is 0 Å². The standard InChI is InChI=1S/C26H26N4/c1-18-4-6-21-13-20(7-9-24(18)21)22-3-2-12-30(16-22)17-23-8-11-26(29-23)25-10-5-19(14-27)15-28-25/h5,7-10,13,15,22H,1-4,6,11-12,16-17H2/t22-/m0/s1. The molecule has 4 heteroatoms. The Balaban J connectivity index is 1.24. The maximum Gasteiger partial charge on any atom is 0.101 e. The summed E-state index contributed by atoms with van der Waals surface area (Å²) >= 11 is 0. The maximum absolute atomic E-state index is 8.94. The second-order valence-corrected chi connectivity index (χ2v) is 8.60. The number of pyridine rings is 1. The zero-order chi connectivity index (χ0) is 20.5. The molecule has 0 unspecified atom stereocenters. The molecule has 0 radical (unpaired) electrons. The summed E-state index contributed by atoms with van der Waals surface area (Å²) in [6.07, 6.45) is 9.41. The minimum absolute atomic E-state index is 0.584. The fourth-order valence-corrected chi connectivity index (χ4v) is 4.91. The van der Waals surface area contributed by atoms with Gasteiger partial charge in [0.05, 0.1) is 22.7 Å². The van der Waals surface area contributed by atoms with Crippen molar-refractivity contribution in [3.05, 3.63) is 82.8 Å². The highest BCUT2D eigenvalue weighted by molar-refractivity contribution is 6.02. The molecule has 1 aromatic carbocycles. The highest BCUT2D eigenvalue weighted by Crippen LogP contribution is 2.35. The van der Waals surface area contributed by atoms with E-state index < -0.39 is 0 Å². The molecule has 0 N–H and O–H groups in total. The first-order valence-corrected chi connectivity index (χ1v) is 10.9. The second-order valence-electron chi connectivity index (χ2n) is 8.60. The highest BCUT2D eigenvalue weighted by Gasteiger charge is 2.24. The molecule has 3 heterocycles. The molecule has 0 bridgehead atoms. The first-order chi connectivity index (χ1) is 14.7. The summed E-state index contributed by atoms with van der Waals surface area (Å²) in [4.78, 5) is 11.8. The number of benzene rings is 1. The monoisotopic (exact) mass is 394 g/mol. The first kappa shape index (κ1) is 19.0. The van der Waals surface area contributed by atoms with Crippen LogP contribution in [0, 0.1) is 11.3 Å². The Bertz CT molecular complexity index is 1090. The van der Waals surface area contributed by atoms with Gasteiger partial charge >= 0.3 is 0 Å². The molecule has 0 amide bonds. The molecule has 1 fully saturated rings. The van der Waals surface area contributed by atoms with Gasteiger partial charge in [0.25, 0.3) is 0 Å². The van der Waals surface area contributed by atoms with Crippen LogP contribution in [0.2, 0.25) is 0 Å². The Morgan fingerprint density at radius 1 is 1.20 bits per heavy atom. The van der Waals surface area contributed by atoms with E-state index in [0.29, 0.717) is 11.5 Å². The largest absolute Gasteiger partial charge is 0.297 e. The molecule has 5 rings (SSSR count). The van der Waals surface area contributed by atoms with Crippen LogP contribution in [0.25, 0.3) is 5.57 Å². The van der Waals surface area contributed by atoms with E-state index in [1.54, 1.807) is 6.20 Å². The van der Waals surface area contributed by atoms with Crippen molar-refractivity contribution in [2.45, 2.75) is 38.0 Å². The van der Waals surface area contributed by atoms with Gasteiger partial charge in [-0.2, -0.15) is 5.26 Å². The summed E-state index contributed by atoms with van der Waals surface area (Å²) in [6.45, 7) is 7.33. The lowest BCUT2D eigenvalue weighted by Gasteiger charge is -2.33. The van der Waals surface area contributed by atoms with E-state index in [0.717, 1.165) is 56.0 Å². The number of aliphatic imine (C=N–C) groups is 1. The van der Waals surface area contributed by atoms with Crippen LogP contribution in [0.5, 0.6) is 0 Å². The van der Waals surface area contributed by atoms with Crippen molar-refractivity contribution in [3.63, 3.8) is 0 Å². The zero-order valence-corrected chi connectivity index (χ0v) is 17.3. The number of nitrogens with zero attached hydrogens (tertiary/aromatic N) is 4. The van der Waals surface area contributed by atoms with E-state index >= 15 is 0 Å². The van der Waals surface area contributed by atoms with Crippen LogP contribution in [-0.2, 0) is 6.42 Å². The Hall–Kier alpha value is -3.03. The first-order valence-electron chi connectivity index (χ1n) is 10.9. The summed E-state index contributed by atoms with van der Waals surface area (Å²) in [6, 6.07) is 12.9. The average molecular weight is 395 g/mol. The number of likely N-dealkylation sites (tertiary alicyclic amines) is 1. The molecule has 2 aromatic rings. The van der Waals surface area contributed by atoms with Gasteiger partial charge in [0.1, 0.15) is 6.07 Å². The van der Waals surface area contributed by atoms with Gasteiger partial charge in [-0.1, -0.05) is 30.9 Å². The Morgan fingerprint density at radius 2 is 2.13 bits per heavy atom. The minimum atomic E-state index is 0.584. The summed E-state index contributed by atoms with van der Waals surface area (Å²) in [5, 5.41) is 8.94. The summed E-state index contributed by atoms with van der Waals surface area (Å²) in [5.74, 6) is 0.601. The number of fused-ring (bicyclic) bond motifs is 1. The Labute approximate surface area is 178 Å². The third kappa shape index (κ3) is 3.74. The van der Waals surface area contributed by atoms with Crippen molar-refractivity contribution in [3.8, 4) is 6.07 Å². The summed E-state index contributed by atoms with van der Waals surface area (Å²) in [5.41, 5.74) is 9.24. The van der Waals surface area contributed by atoms with Gasteiger partial charge in [0, 0.05) is 25.7 Å². The fourth-order valence-electron chi connectivity index (χ4n) is 4.91. The third-order valence-electron chi connectivity index (χ3n) is 6.57. The van der Waals surface area contributed by atoms with Crippen LogP contribution < -0.4 is 0 Å². The topological polar surface area (TPSA) is 52.3 Å². The fraction of sp³-hybridized carbons (Fsp3) is 0.346. The molecule has 0 saturated carbocycles. The smallest absolute Gasteiger partial charge is 0.101 e. The number of piperidine rings is 1. The predicted octanol–water partition coefficient (Wildman–Crippen LogP) is 4.87. The SMILES string of the molecule is C=C1CCc2cc([C@H]3CCCN(CC4=CCC(c5ccc(C#N)cn5)=N4)C3)ccc21. The number of aromatic nitrogens is 1. The van der Waals surface area contributed by atoms with E-state index in [1.165, 1.54) is 35.1 Å².